The Labute approximate surface area is 205 Å². The zero-order chi connectivity index (χ0) is 25.8. The van der Waals surface area contributed by atoms with Crippen molar-refractivity contribution in [3.05, 3.63) is 35.9 Å². The van der Waals surface area contributed by atoms with Gasteiger partial charge in [0.1, 0.15) is 11.9 Å². The molecule has 1 aliphatic carbocycles. The number of aliphatic carboxylic acids is 1. The molecule has 10 nitrogen and oxygen atoms in total. The SMILES string of the molecule is CCOC(=O)[C@H](CCOC)CC1(C(=O)N[C@@H](CC(=O)NC(=N)c2ccccc2)C(=O)O)CCCC1. The average Bonchev–Trinajstić information content (AvgIpc) is 3.31. The first kappa shape index (κ1) is 28.0. The Morgan fingerprint density at radius 3 is 2.37 bits per heavy atom. The third-order valence-corrected chi connectivity index (χ3v) is 6.29. The van der Waals surface area contributed by atoms with Crippen molar-refractivity contribution in [1.82, 2.24) is 10.6 Å². The van der Waals surface area contributed by atoms with Gasteiger partial charge in [-0.25, -0.2) is 4.79 Å². The zero-order valence-electron chi connectivity index (χ0n) is 20.3. The predicted molar refractivity (Wildman–Crippen MR) is 128 cm³/mol. The maximum absolute atomic E-state index is 13.4. The van der Waals surface area contributed by atoms with E-state index in [1.165, 1.54) is 7.11 Å². The van der Waals surface area contributed by atoms with Crippen LogP contribution in [0.5, 0.6) is 0 Å². The maximum Gasteiger partial charge on any atom is 0.326 e. The molecule has 35 heavy (non-hydrogen) atoms. The number of benzene rings is 1. The quantitative estimate of drug-likeness (QED) is 0.188. The molecule has 0 bridgehead atoms. The Kier molecular flexibility index (Phi) is 10.8. The highest BCUT2D eigenvalue weighted by Crippen LogP contribution is 2.44. The number of hydrogen-bond donors (Lipinski definition) is 4. The molecular weight excluding hydrogens is 454 g/mol. The minimum absolute atomic E-state index is 0.159. The number of carbonyl (C=O) groups excluding carboxylic acids is 3. The van der Waals surface area contributed by atoms with Gasteiger partial charge in [-0.05, 0) is 32.6 Å². The van der Waals surface area contributed by atoms with E-state index in [0.29, 0.717) is 31.4 Å². The van der Waals surface area contributed by atoms with Crippen molar-refractivity contribution in [2.24, 2.45) is 11.3 Å². The number of carboxylic acids is 1. The van der Waals surface area contributed by atoms with Crippen LogP contribution in [-0.4, -0.2) is 61.1 Å². The molecule has 0 heterocycles. The summed E-state index contributed by atoms with van der Waals surface area (Å²) in [6.45, 7) is 2.26. The van der Waals surface area contributed by atoms with Crippen molar-refractivity contribution >= 4 is 29.6 Å². The molecule has 2 rings (SSSR count). The Morgan fingerprint density at radius 1 is 1.14 bits per heavy atom. The number of esters is 1. The van der Waals surface area contributed by atoms with E-state index in [2.05, 4.69) is 10.6 Å². The summed E-state index contributed by atoms with van der Waals surface area (Å²) in [5.41, 5.74) is -0.450. The molecule has 0 unspecified atom stereocenters. The number of amidine groups is 1. The summed E-state index contributed by atoms with van der Waals surface area (Å²) in [6, 6.07) is 7.03. The fourth-order valence-electron chi connectivity index (χ4n) is 4.44. The number of amides is 2. The molecule has 1 aromatic rings. The molecular formula is C25H35N3O7. The molecule has 10 heteroatoms. The van der Waals surface area contributed by atoms with Gasteiger partial charge in [0.15, 0.2) is 0 Å². The van der Waals surface area contributed by atoms with Gasteiger partial charge in [0.2, 0.25) is 11.8 Å². The Balaban J connectivity index is 2.10. The highest BCUT2D eigenvalue weighted by atomic mass is 16.5. The van der Waals surface area contributed by atoms with E-state index in [-0.39, 0.29) is 18.9 Å². The van der Waals surface area contributed by atoms with Crippen LogP contribution in [-0.2, 0) is 28.7 Å². The Bertz CT molecular complexity index is 898. The molecule has 0 spiro atoms. The van der Waals surface area contributed by atoms with Gasteiger partial charge in [-0.2, -0.15) is 0 Å². The first-order chi connectivity index (χ1) is 16.7. The van der Waals surface area contributed by atoms with Crippen LogP contribution in [0.4, 0.5) is 0 Å². The fourth-order valence-corrected chi connectivity index (χ4v) is 4.44. The Morgan fingerprint density at radius 2 is 1.80 bits per heavy atom. The van der Waals surface area contributed by atoms with E-state index in [1.807, 2.05) is 0 Å². The lowest BCUT2D eigenvalue weighted by Crippen LogP contribution is -2.50. The van der Waals surface area contributed by atoms with Gasteiger partial charge in [0, 0.05) is 19.3 Å². The summed E-state index contributed by atoms with van der Waals surface area (Å²) in [4.78, 5) is 50.2. The minimum Gasteiger partial charge on any atom is -0.480 e. The van der Waals surface area contributed by atoms with Crippen LogP contribution in [0.2, 0.25) is 0 Å². The first-order valence-electron chi connectivity index (χ1n) is 11.9. The van der Waals surface area contributed by atoms with Crippen LogP contribution >= 0.6 is 0 Å². The lowest BCUT2D eigenvalue weighted by Gasteiger charge is -2.32. The molecule has 192 valence electrons. The van der Waals surface area contributed by atoms with E-state index < -0.39 is 47.5 Å². The third kappa shape index (κ3) is 8.17. The first-order valence-corrected chi connectivity index (χ1v) is 11.9. The third-order valence-electron chi connectivity index (χ3n) is 6.29. The van der Waals surface area contributed by atoms with Crippen LogP contribution in [0.25, 0.3) is 0 Å². The second-order valence-electron chi connectivity index (χ2n) is 8.78. The monoisotopic (exact) mass is 489 g/mol. The van der Waals surface area contributed by atoms with Gasteiger partial charge < -0.3 is 25.2 Å². The van der Waals surface area contributed by atoms with Gasteiger partial charge in [-0.3, -0.25) is 19.8 Å². The van der Waals surface area contributed by atoms with Gasteiger partial charge in [0.05, 0.1) is 24.4 Å². The van der Waals surface area contributed by atoms with Crippen LogP contribution in [0.15, 0.2) is 30.3 Å². The average molecular weight is 490 g/mol. The summed E-state index contributed by atoms with van der Waals surface area (Å²) in [6.07, 6.45) is 2.66. The molecule has 2 atom stereocenters. The van der Waals surface area contributed by atoms with E-state index in [9.17, 15) is 24.3 Å². The maximum atomic E-state index is 13.4. The molecule has 0 radical (unpaired) electrons. The predicted octanol–water partition coefficient (Wildman–Crippen LogP) is 2.25. The number of carbonyl (C=O) groups is 4. The van der Waals surface area contributed by atoms with Crippen molar-refractivity contribution < 1.29 is 33.8 Å². The summed E-state index contributed by atoms with van der Waals surface area (Å²) in [7, 11) is 1.53. The van der Waals surface area contributed by atoms with Crippen molar-refractivity contribution in [3.8, 4) is 0 Å². The normalized spacial score (nSPS) is 16.1. The standard InChI is InChI=1S/C25H35N3O7/c1-3-35-23(32)18(11-14-34-2)16-25(12-7-8-13-25)24(33)27-19(22(30)31)15-20(29)28-21(26)17-9-5-4-6-10-17/h4-6,9-10,18-19H,3,7-8,11-16H2,1-2H3,(H,27,33)(H,30,31)(H2,26,28,29)/t18-,19+/m1/s1. The fraction of sp³-hybridized carbons (Fsp3) is 0.560. The second kappa shape index (κ2) is 13.6. The molecule has 1 fully saturated rings. The molecule has 0 aromatic heterocycles. The number of ether oxygens (including phenoxy) is 2. The lowest BCUT2D eigenvalue weighted by atomic mass is 9.75. The van der Waals surface area contributed by atoms with Crippen LogP contribution in [0, 0.1) is 16.7 Å². The van der Waals surface area contributed by atoms with Crippen LogP contribution in [0.3, 0.4) is 0 Å². The highest BCUT2D eigenvalue weighted by Gasteiger charge is 2.45. The topological polar surface area (TPSA) is 155 Å². The molecule has 0 saturated heterocycles. The van der Waals surface area contributed by atoms with E-state index in [1.54, 1.807) is 37.3 Å². The van der Waals surface area contributed by atoms with E-state index in [4.69, 9.17) is 14.9 Å². The second-order valence-corrected chi connectivity index (χ2v) is 8.78. The lowest BCUT2D eigenvalue weighted by molar-refractivity contribution is -0.152. The van der Waals surface area contributed by atoms with Crippen molar-refractivity contribution in [2.75, 3.05) is 20.3 Å². The number of hydrogen-bond acceptors (Lipinski definition) is 7. The van der Waals surface area contributed by atoms with Crippen molar-refractivity contribution in [2.45, 2.75) is 57.9 Å². The highest BCUT2D eigenvalue weighted by molar-refractivity contribution is 6.07. The van der Waals surface area contributed by atoms with Gasteiger partial charge in [-0.15, -0.1) is 0 Å². The van der Waals surface area contributed by atoms with Gasteiger partial charge in [0.25, 0.3) is 0 Å². The van der Waals surface area contributed by atoms with Crippen molar-refractivity contribution in [3.63, 3.8) is 0 Å². The van der Waals surface area contributed by atoms with Crippen LogP contribution in [0.1, 0.15) is 57.4 Å². The minimum atomic E-state index is -1.47. The number of methoxy groups -OCH3 is 1. The number of rotatable bonds is 13. The number of nitrogens with one attached hydrogen (secondary N) is 3. The molecule has 1 aromatic carbocycles. The van der Waals surface area contributed by atoms with Gasteiger partial charge >= 0.3 is 11.9 Å². The summed E-state index contributed by atoms with van der Waals surface area (Å²) < 4.78 is 10.3. The summed E-state index contributed by atoms with van der Waals surface area (Å²) >= 11 is 0. The van der Waals surface area contributed by atoms with Crippen LogP contribution < -0.4 is 10.6 Å². The summed E-state index contributed by atoms with van der Waals surface area (Å²) in [5, 5.41) is 22.6. The molecule has 4 N–H and O–H groups in total. The zero-order valence-corrected chi connectivity index (χ0v) is 20.3. The molecule has 0 aliphatic heterocycles. The number of carboxylic acid groups (broad SMARTS) is 1. The Hall–Kier alpha value is -3.27. The smallest absolute Gasteiger partial charge is 0.326 e. The van der Waals surface area contributed by atoms with Crippen molar-refractivity contribution in [1.29, 1.82) is 5.41 Å². The largest absolute Gasteiger partial charge is 0.480 e. The molecule has 1 aliphatic rings. The van der Waals surface area contributed by atoms with E-state index in [0.717, 1.165) is 12.8 Å². The van der Waals surface area contributed by atoms with E-state index >= 15 is 0 Å². The molecule has 2 amide bonds. The summed E-state index contributed by atoms with van der Waals surface area (Å²) in [5.74, 6) is -3.66. The van der Waals surface area contributed by atoms with Gasteiger partial charge in [-0.1, -0.05) is 43.2 Å². The molecule has 1 saturated carbocycles.